The molecule has 1 aromatic carbocycles. The van der Waals surface area contributed by atoms with Crippen LogP contribution >= 0.6 is 0 Å². The molecule has 0 amide bonds. The van der Waals surface area contributed by atoms with E-state index in [-0.39, 0.29) is 0 Å². The molecule has 0 spiro atoms. The molecule has 5 heteroatoms. The highest BCUT2D eigenvalue weighted by Crippen LogP contribution is 2.31. The third-order valence-corrected chi connectivity index (χ3v) is 4.13. The van der Waals surface area contributed by atoms with Gasteiger partial charge >= 0.3 is 0 Å². The van der Waals surface area contributed by atoms with Gasteiger partial charge in [0, 0.05) is 23.0 Å². The smallest absolute Gasteiger partial charge is 0.161 e. The van der Waals surface area contributed by atoms with Gasteiger partial charge in [0.15, 0.2) is 11.5 Å². The molecular weight excluding hydrogens is 316 g/mol. The van der Waals surface area contributed by atoms with E-state index in [2.05, 4.69) is 18.0 Å². The van der Waals surface area contributed by atoms with Gasteiger partial charge in [-0.3, -0.25) is 0 Å². The molecule has 0 aliphatic carbocycles. The lowest BCUT2D eigenvalue weighted by molar-refractivity contribution is 0.303. The van der Waals surface area contributed by atoms with Crippen LogP contribution < -0.4 is 9.47 Å². The van der Waals surface area contributed by atoms with E-state index < -0.39 is 0 Å². The lowest BCUT2D eigenvalue weighted by atomic mass is 10.1. The standard InChI is InChI=1S/C20H22N2O3/c1-12-8-13(2)21-15(12)10-17-19(24-4)11-16(22-17)14-6-7-18(23-3)20(9-14)25-5/h6-11,21H,1-5H3. The molecule has 1 aliphatic heterocycles. The number of allylic oxidation sites excluding steroid dienone is 1. The number of nitrogens with zero attached hydrogens (tertiary/aromatic N) is 1. The highest BCUT2D eigenvalue weighted by molar-refractivity contribution is 6.12. The van der Waals surface area contributed by atoms with Crippen LogP contribution in [-0.4, -0.2) is 32.0 Å². The van der Waals surface area contributed by atoms with Gasteiger partial charge in [0.05, 0.1) is 27.0 Å². The zero-order chi connectivity index (χ0) is 18.0. The molecule has 25 heavy (non-hydrogen) atoms. The molecule has 0 atom stereocenters. The molecule has 5 nitrogen and oxygen atoms in total. The Hall–Kier alpha value is -2.95. The first-order valence-corrected chi connectivity index (χ1v) is 8.00. The molecular formula is C20H22N2O3. The van der Waals surface area contributed by atoms with E-state index >= 15 is 0 Å². The van der Waals surface area contributed by atoms with Gasteiger partial charge in [0.1, 0.15) is 11.5 Å². The number of aliphatic imine (C=N–C) groups is 1. The summed E-state index contributed by atoms with van der Waals surface area (Å²) in [6.45, 7) is 4.11. The van der Waals surface area contributed by atoms with Crippen LogP contribution in [0.15, 0.2) is 46.8 Å². The normalized spacial score (nSPS) is 15.2. The average molecular weight is 338 g/mol. The fourth-order valence-corrected chi connectivity index (χ4v) is 2.86. The van der Waals surface area contributed by atoms with Crippen molar-refractivity contribution in [3.05, 3.63) is 64.3 Å². The second kappa shape index (κ2) is 6.89. The van der Waals surface area contributed by atoms with Crippen molar-refractivity contribution in [3.8, 4) is 11.5 Å². The first-order chi connectivity index (χ1) is 12.0. The van der Waals surface area contributed by atoms with Crippen molar-refractivity contribution in [3.63, 3.8) is 0 Å². The number of rotatable bonds is 5. The zero-order valence-electron chi connectivity index (χ0n) is 15.1. The van der Waals surface area contributed by atoms with Crippen LogP contribution in [0.5, 0.6) is 11.5 Å². The van der Waals surface area contributed by atoms with E-state index in [0.29, 0.717) is 11.5 Å². The Labute approximate surface area is 147 Å². The van der Waals surface area contributed by atoms with Gasteiger partial charge in [-0.25, -0.2) is 4.99 Å². The number of hydrogen-bond acceptors (Lipinski definition) is 4. The fourth-order valence-electron chi connectivity index (χ4n) is 2.86. The van der Waals surface area contributed by atoms with Gasteiger partial charge in [-0.2, -0.15) is 0 Å². The molecule has 0 fully saturated rings. The van der Waals surface area contributed by atoms with Gasteiger partial charge in [0.25, 0.3) is 0 Å². The summed E-state index contributed by atoms with van der Waals surface area (Å²) in [6, 6.07) is 7.85. The van der Waals surface area contributed by atoms with Crippen LogP contribution in [0.1, 0.15) is 22.5 Å². The van der Waals surface area contributed by atoms with Crippen molar-refractivity contribution in [2.24, 2.45) is 4.99 Å². The molecule has 0 radical (unpaired) electrons. The number of nitrogens with one attached hydrogen (secondary N) is 1. The van der Waals surface area contributed by atoms with Gasteiger partial charge in [0.2, 0.25) is 0 Å². The summed E-state index contributed by atoms with van der Waals surface area (Å²) in [5.41, 5.74) is 5.88. The molecule has 1 aromatic heterocycles. The topological polar surface area (TPSA) is 55.8 Å². The summed E-state index contributed by atoms with van der Waals surface area (Å²) >= 11 is 0. The average Bonchev–Trinajstić information content (AvgIpc) is 3.17. The molecule has 1 aliphatic rings. The summed E-state index contributed by atoms with van der Waals surface area (Å²) < 4.78 is 16.2. The van der Waals surface area contributed by atoms with Crippen molar-refractivity contribution < 1.29 is 14.2 Å². The summed E-state index contributed by atoms with van der Waals surface area (Å²) in [5, 5.41) is 0. The molecule has 2 aromatic rings. The van der Waals surface area contributed by atoms with Crippen molar-refractivity contribution in [2.75, 3.05) is 21.3 Å². The van der Waals surface area contributed by atoms with Crippen molar-refractivity contribution in [1.82, 2.24) is 4.98 Å². The molecule has 0 unspecified atom stereocenters. The Morgan fingerprint density at radius 1 is 0.960 bits per heavy atom. The number of aromatic amines is 1. The predicted molar refractivity (Wildman–Crippen MR) is 99.4 cm³/mol. The quantitative estimate of drug-likeness (QED) is 0.896. The maximum Gasteiger partial charge on any atom is 0.161 e. The first kappa shape index (κ1) is 16.9. The third kappa shape index (κ3) is 3.31. The second-order valence-corrected chi connectivity index (χ2v) is 5.86. The largest absolute Gasteiger partial charge is 0.494 e. The summed E-state index contributed by atoms with van der Waals surface area (Å²) in [6.07, 6.45) is 3.93. The Bertz CT molecular complexity index is 888. The number of ether oxygens (including phenoxy) is 3. The molecule has 130 valence electrons. The van der Waals surface area contributed by atoms with Gasteiger partial charge in [-0.15, -0.1) is 0 Å². The number of aryl methyl sites for hydroxylation is 2. The number of H-pyrrole nitrogens is 1. The number of benzene rings is 1. The van der Waals surface area contributed by atoms with Crippen LogP contribution in [0.2, 0.25) is 0 Å². The Balaban J connectivity index is 2.01. The van der Waals surface area contributed by atoms with Crippen LogP contribution in [0, 0.1) is 13.8 Å². The van der Waals surface area contributed by atoms with Crippen molar-refractivity contribution in [2.45, 2.75) is 13.8 Å². The Kier molecular flexibility index (Phi) is 4.65. The highest BCUT2D eigenvalue weighted by atomic mass is 16.5. The van der Waals surface area contributed by atoms with E-state index in [1.807, 2.05) is 37.3 Å². The highest BCUT2D eigenvalue weighted by Gasteiger charge is 2.18. The summed E-state index contributed by atoms with van der Waals surface area (Å²) in [7, 11) is 4.89. The van der Waals surface area contributed by atoms with Gasteiger partial charge in [-0.1, -0.05) is 0 Å². The van der Waals surface area contributed by atoms with Gasteiger partial charge in [-0.05, 0) is 49.8 Å². The van der Waals surface area contributed by atoms with Crippen LogP contribution in [0.4, 0.5) is 0 Å². The fraction of sp³-hybridized carbons (Fsp3) is 0.250. The lowest BCUT2D eigenvalue weighted by Gasteiger charge is -2.08. The van der Waals surface area contributed by atoms with Crippen LogP contribution in [0.3, 0.4) is 0 Å². The SMILES string of the molecule is COC1=CC(c2ccc(OC)c(OC)c2)=NC1=Cc1[nH]c(C)cc1C. The van der Waals surface area contributed by atoms with Crippen molar-refractivity contribution >= 4 is 11.8 Å². The number of hydrogen-bond donors (Lipinski definition) is 1. The Morgan fingerprint density at radius 3 is 2.32 bits per heavy atom. The van der Waals surface area contributed by atoms with E-state index in [4.69, 9.17) is 19.2 Å². The monoisotopic (exact) mass is 338 g/mol. The molecule has 1 N–H and O–H groups in total. The molecule has 0 saturated carbocycles. The van der Waals surface area contributed by atoms with E-state index in [1.54, 1.807) is 21.3 Å². The molecule has 2 heterocycles. The second-order valence-electron chi connectivity index (χ2n) is 5.86. The van der Waals surface area contributed by atoms with Crippen LogP contribution in [-0.2, 0) is 4.74 Å². The van der Waals surface area contributed by atoms with E-state index in [1.165, 1.54) is 5.56 Å². The molecule has 0 bridgehead atoms. The minimum atomic E-state index is 0.670. The van der Waals surface area contributed by atoms with E-state index in [0.717, 1.165) is 34.1 Å². The molecule has 3 rings (SSSR count). The Morgan fingerprint density at radius 2 is 1.72 bits per heavy atom. The predicted octanol–water partition coefficient (Wildman–Crippen LogP) is 4.02. The first-order valence-electron chi connectivity index (χ1n) is 8.00. The number of aromatic nitrogens is 1. The van der Waals surface area contributed by atoms with Crippen LogP contribution in [0.25, 0.3) is 6.08 Å². The zero-order valence-corrected chi connectivity index (χ0v) is 15.1. The summed E-state index contributed by atoms with van der Waals surface area (Å²) in [5.74, 6) is 2.09. The van der Waals surface area contributed by atoms with E-state index in [9.17, 15) is 0 Å². The number of methoxy groups -OCH3 is 3. The van der Waals surface area contributed by atoms with Crippen molar-refractivity contribution in [1.29, 1.82) is 0 Å². The minimum Gasteiger partial charge on any atom is -0.494 e. The maximum absolute atomic E-state index is 5.50. The third-order valence-electron chi connectivity index (χ3n) is 4.13. The van der Waals surface area contributed by atoms with Gasteiger partial charge < -0.3 is 19.2 Å². The maximum atomic E-state index is 5.50. The molecule has 0 saturated heterocycles. The summed E-state index contributed by atoms with van der Waals surface area (Å²) in [4.78, 5) is 8.07. The minimum absolute atomic E-state index is 0.670. The lowest BCUT2D eigenvalue weighted by Crippen LogP contribution is -1.97.